The Morgan fingerprint density at radius 2 is 1.90 bits per heavy atom. The fourth-order valence-electron chi connectivity index (χ4n) is 1.89. The maximum Gasteiger partial charge on any atom is 0.236 e. The first-order valence-electron chi connectivity index (χ1n) is 6.28. The Kier molecular flexibility index (Phi) is 5.95. The Bertz CT molecular complexity index is 587. The smallest absolute Gasteiger partial charge is 0.236 e. The Morgan fingerprint density at radius 3 is 2.55 bits per heavy atom. The number of aliphatic hydroxyl groups is 1. The molecule has 2 rings (SSSR count). The summed E-state index contributed by atoms with van der Waals surface area (Å²) in [6, 6.07) is 13.1. The van der Waals surface area contributed by atoms with Crippen molar-refractivity contribution in [1.82, 2.24) is 5.32 Å². The lowest BCUT2D eigenvalue weighted by Gasteiger charge is -2.14. The fraction of sp³-hybridized carbons (Fsp3) is 0.267. The highest BCUT2D eigenvalue weighted by molar-refractivity contribution is 5.85. The predicted octanol–water partition coefficient (Wildman–Crippen LogP) is 1.76. The van der Waals surface area contributed by atoms with Crippen molar-refractivity contribution in [2.45, 2.75) is 19.1 Å². The van der Waals surface area contributed by atoms with Crippen molar-refractivity contribution in [3.8, 4) is 0 Å². The summed E-state index contributed by atoms with van der Waals surface area (Å²) in [5, 5.41) is 14.9. The molecule has 0 aliphatic rings. The number of aliphatic hydroxyl groups excluding tert-OH is 1. The van der Waals surface area contributed by atoms with Crippen LogP contribution in [-0.4, -0.2) is 23.6 Å². The molecule has 0 radical (unpaired) electrons. The second kappa shape index (κ2) is 7.24. The predicted molar refractivity (Wildman–Crippen MR) is 82.8 cm³/mol. The van der Waals surface area contributed by atoms with Crippen molar-refractivity contribution in [3.05, 3.63) is 48.0 Å². The van der Waals surface area contributed by atoms with Gasteiger partial charge < -0.3 is 16.2 Å². The molecule has 2 atom stereocenters. The molecule has 0 saturated heterocycles. The zero-order valence-electron chi connectivity index (χ0n) is 11.2. The van der Waals surface area contributed by atoms with Crippen LogP contribution in [0.5, 0.6) is 0 Å². The van der Waals surface area contributed by atoms with E-state index in [4.69, 9.17) is 5.73 Å². The highest BCUT2D eigenvalue weighted by Crippen LogP contribution is 2.19. The second-order valence-corrected chi connectivity index (χ2v) is 4.66. The number of nitrogens with two attached hydrogens (primary N) is 1. The van der Waals surface area contributed by atoms with Crippen LogP contribution in [0.4, 0.5) is 0 Å². The van der Waals surface area contributed by atoms with Gasteiger partial charge in [0.1, 0.15) is 0 Å². The van der Waals surface area contributed by atoms with Gasteiger partial charge in [0.15, 0.2) is 0 Å². The van der Waals surface area contributed by atoms with Crippen molar-refractivity contribution in [2.75, 3.05) is 6.54 Å². The third-order valence-corrected chi connectivity index (χ3v) is 3.04. The van der Waals surface area contributed by atoms with Crippen LogP contribution in [0, 0.1) is 0 Å². The fourth-order valence-corrected chi connectivity index (χ4v) is 1.89. The van der Waals surface area contributed by atoms with Crippen LogP contribution in [-0.2, 0) is 4.79 Å². The molecule has 0 fully saturated rings. The summed E-state index contributed by atoms with van der Waals surface area (Å²) in [5.41, 5.74) is 6.22. The molecule has 0 heterocycles. The quantitative estimate of drug-likeness (QED) is 0.804. The molecule has 4 nitrogen and oxygen atoms in total. The third-order valence-electron chi connectivity index (χ3n) is 3.04. The van der Waals surface area contributed by atoms with Crippen molar-refractivity contribution >= 4 is 29.1 Å². The number of carbonyl (C=O) groups excluding carboxylic acids is 1. The molecule has 1 amide bonds. The van der Waals surface area contributed by atoms with E-state index < -0.39 is 12.1 Å². The third kappa shape index (κ3) is 3.93. The number of amides is 1. The van der Waals surface area contributed by atoms with Gasteiger partial charge in [-0.3, -0.25) is 4.79 Å². The number of fused-ring (bicyclic) bond motifs is 1. The molecule has 0 aliphatic carbocycles. The molecule has 4 N–H and O–H groups in total. The number of carbonyl (C=O) groups is 1. The van der Waals surface area contributed by atoms with E-state index in [1.165, 1.54) is 0 Å². The minimum atomic E-state index is -0.729. The summed E-state index contributed by atoms with van der Waals surface area (Å²) in [4.78, 5) is 11.3. The molecule has 5 heteroatoms. The second-order valence-electron chi connectivity index (χ2n) is 4.66. The molecular formula is C15H19ClN2O2. The van der Waals surface area contributed by atoms with Crippen molar-refractivity contribution < 1.29 is 9.90 Å². The molecule has 0 bridgehead atoms. The Labute approximate surface area is 124 Å². The van der Waals surface area contributed by atoms with Gasteiger partial charge in [0.05, 0.1) is 12.1 Å². The van der Waals surface area contributed by atoms with Crippen LogP contribution in [0.3, 0.4) is 0 Å². The van der Waals surface area contributed by atoms with Crippen LogP contribution in [0.25, 0.3) is 10.8 Å². The van der Waals surface area contributed by atoms with Gasteiger partial charge in [0, 0.05) is 6.54 Å². The lowest BCUT2D eigenvalue weighted by molar-refractivity contribution is -0.122. The van der Waals surface area contributed by atoms with Gasteiger partial charge in [-0.25, -0.2) is 0 Å². The molecular weight excluding hydrogens is 276 g/mol. The molecule has 0 spiro atoms. The topological polar surface area (TPSA) is 75.4 Å². The van der Waals surface area contributed by atoms with Gasteiger partial charge in [-0.05, 0) is 29.3 Å². The average Bonchev–Trinajstić information content (AvgIpc) is 2.43. The number of benzene rings is 2. The van der Waals surface area contributed by atoms with Crippen LogP contribution in [0.1, 0.15) is 18.6 Å². The Hall–Kier alpha value is -1.62. The van der Waals surface area contributed by atoms with Gasteiger partial charge in [-0.2, -0.15) is 0 Å². The zero-order valence-corrected chi connectivity index (χ0v) is 12.1. The average molecular weight is 295 g/mol. The minimum Gasteiger partial charge on any atom is -0.387 e. The zero-order chi connectivity index (χ0) is 13.8. The van der Waals surface area contributed by atoms with E-state index >= 15 is 0 Å². The summed E-state index contributed by atoms with van der Waals surface area (Å²) in [5.74, 6) is -0.264. The van der Waals surface area contributed by atoms with Crippen LogP contribution in [0.15, 0.2) is 42.5 Å². The number of hydrogen-bond acceptors (Lipinski definition) is 3. The number of rotatable bonds is 4. The summed E-state index contributed by atoms with van der Waals surface area (Å²) >= 11 is 0. The molecule has 20 heavy (non-hydrogen) atoms. The van der Waals surface area contributed by atoms with Crippen molar-refractivity contribution in [1.29, 1.82) is 0 Å². The lowest BCUT2D eigenvalue weighted by atomic mass is 10.0. The summed E-state index contributed by atoms with van der Waals surface area (Å²) in [6.45, 7) is 1.77. The molecule has 2 aromatic carbocycles. The SMILES string of the molecule is C[C@@H](N)C(=O)NCC(O)c1ccc2ccccc2c1.Cl. The number of nitrogens with one attached hydrogen (secondary N) is 1. The molecule has 0 aliphatic heterocycles. The lowest BCUT2D eigenvalue weighted by Crippen LogP contribution is -2.40. The van der Waals surface area contributed by atoms with Crippen LogP contribution >= 0.6 is 12.4 Å². The number of hydrogen-bond donors (Lipinski definition) is 3. The van der Waals surface area contributed by atoms with E-state index in [1.54, 1.807) is 6.92 Å². The van der Waals surface area contributed by atoms with E-state index in [2.05, 4.69) is 5.32 Å². The van der Waals surface area contributed by atoms with Gasteiger partial charge in [-0.1, -0.05) is 36.4 Å². The Morgan fingerprint density at radius 1 is 1.25 bits per heavy atom. The maximum atomic E-state index is 11.3. The number of halogens is 1. The van der Waals surface area contributed by atoms with Crippen molar-refractivity contribution in [3.63, 3.8) is 0 Å². The van der Waals surface area contributed by atoms with Crippen molar-refractivity contribution in [2.24, 2.45) is 5.73 Å². The van der Waals surface area contributed by atoms with Gasteiger partial charge in [-0.15, -0.1) is 12.4 Å². The van der Waals surface area contributed by atoms with E-state index in [9.17, 15) is 9.90 Å². The normalized spacial score (nSPS) is 13.3. The standard InChI is InChI=1S/C15H18N2O2.ClH/c1-10(16)15(19)17-9-14(18)13-7-6-11-4-2-3-5-12(11)8-13;/h2-8,10,14,18H,9,16H2,1H3,(H,17,19);1H/t10-,14?;/m1./s1. The highest BCUT2D eigenvalue weighted by Gasteiger charge is 2.12. The molecule has 108 valence electrons. The summed E-state index contributed by atoms with van der Waals surface area (Å²) in [7, 11) is 0. The minimum absolute atomic E-state index is 0. The van der Waals surface area contributed by atoms with E-state index in [1.807, 2.05) is 42.5 Å². The molecule has 0 aromatic heterocycles. The van der Waals surface area contributed by atoms with Gasteiger partial charge in [0.25, 0.3) is 0 Å². The summed E-state index contributed by atoms with van der Waals surface area (Å²) in [6.07, 6.45) is -0.729. The molecule has 2 aromatic rings. The molecule has 1 unspecified atom stereocenters. The monoisotopic (exact) mass is 294 g/mol. The van der Waals surface area contributed by atoms with Crippen LogP contribution < -0.4 is 11.1 Å². The first kappa shape index (κ1) is 16.4. The van der Waals surface area contributed by atoms with Gasteiger partial charge >= 0.3 is 0 Å². The van der Waals surface area contributed by atoms with Gasteiger partial charge in [0.2, 0.25) is 5.91 Å². The first-order chi connectivity index (χ1) is 9.08. The summed E-state index contributed by atoms with van der Waals surface area (Å²) < 4.78 is 0. The van der Waals surface area contributed by atoms with E-state index in [0.29, 0.717) is 0 Å². The largest absolute Gasteiger partial charge is 0.387 e. The highest BCUT2D eigenvalue weighted by atomic mass is 35.5. The Balaban J connectivity index is 0.00000200. The van der Waals surface area contributed by atoms with Crippen LogP contribution in [0.2, 0.25) is 0 Å². The molecule has 0 saturated carbocycles. The van der Waals surface area contributed by atoms with E-state index in [0.717, 1.165) is 16.3 Å². The first-order valence-corrected chi connectivity index (χ1v) is 6.28. The maximum absolute atomic E-state index is 11.3. The van der Waals surface area contributed by atoms with E-state index in [-0.39, 0.29) is 24.9 Å².